The van der Waals surface area contributed by atoms with E-state index >= 15 is 0 Å². The van der Waals surface area contributed by atoms with E-state index < -0.39 is 0 Å². The van der Waals surface area contributed by atoms with Crippen molar-refractivity contribution in [2.75, 3.05) is 7.11 Å². The molecule has 2 aromatic carbocycles. The highest BCUT2D eigenvalue weighted by Crippen LogP contribution is 2.32. The molecule has 2 nitrogen and oxygen atoms in total. The standard InChI is InChI=1S/C14H13ClFNO.ClH/c1-18-11-3-4-12(9(6-11)8-17)13-7-10(16)2-5-14(13)15;/h2-7H,8,17H2,1H3;1H. The normalized spacial score (nSPS) is 9.89. The van der Waals surface area contributed by atoms with Gasteiger partial charge in [0.1, 0.15) is 11.6 Å². The number of nitrogens with two attached hydrogens (primary N) is 1. The highest BCUT2D eigenvalue weighted by atomic mass is 35.5. The number of halogens is 3. The van der Waals surface area contributed by atoms with Gasteiger partial charge < -0.3 is 10.5 Å². The van der Waals surface area contributed by atoms with Crippen LogP contribution < -0.4 is 10.5 Å². The summed E-state index contributed by atoms with van der Waals surface area (Å²) in [5.41, 5.74) is 8.03. The Morgan fingerprint density at radius 1 is 1.16 bits per heavy atom. The van der Waals surface area contributed by atoms with Crippen molar-refractivity contribution < 1.29 is 9.13 Å². The molecule has 0 heterocycles. The van der Waals surface area contributed by atoms with E-state index in [0.717, 1.165) is 11.1 Å². The Hall–Kier alpha value is -1.29. The van der Waals surface area contributed by atoms with Crippen LogP contribution in [0.15, 0.2) is 36.4 Å². The van der Waals surface area contributed by atoms with Gasteiger partial charge in [0.25, 0.3) is 0 Å². The van der Waals surface area contributed by atoms with Crippen molar-refractivity contribution in [1.82, 2.24) is 0 Å². The molecule has 0 atom stereocenters. The minimum absolute atomic E-state index is 0. The van der Waals surface area contributed by atoms with Gasteiger partial charge in [-0.2, -0.15) is 0 Å². The first-order chi connectivity index (χ1) is 8.65. The minimum Gasteiger partial charge on any atom is -0.497 e. The van der Waals surface area contributed by atoms with Gasteiger partial charge in [0.15, 0.2) is 0 Å². The van der Waals surface area contributed by atoms with E-state index in [1.165, 1.54) is 18.2 Å². The highest BCUT2D eigenvalue weighted by Gasteiger charge is 2.10. The van der Waals surface area contributed by atoms with E-state index in [-0.39, 0.29) is 18.2 Å². The predicted molar refractivity (Wildman–Crippen MR) is 78.5 cm³/mol. The van der Waals surface area contributed by atoms with Crippen LogP contribution in [0.2, 0.25) is 5.02 Å². The van der Waals surface area contributed by atoms with Crippen LogP contribution in [0.4, 0.5) is 4.39 Å². The monoisotopic (exact) mass is 301 g/mol. The van der Waals surface area contributed by atoms with Crippen LogP contribution in [0.1, 0.15) is 5.56 Å². The maximum absolute atomic E-state index is 13.3. The lowest BCUT2D eigenvalue weighted by atomic mass is 9.99. The van der Waals surface area contributed by atoms with Gasteiger partial charge in [-0.1, -0.05) is 17.7 Å². The van der Waals surface area contributed by atoms with Crippen molar-refractivity contribution in [2.45, 2.75) is 6.54 Å². The second kappa shape index (κ2) is 6.75. The quantitative estimate of drug-likeness (QED) is 0.929. The van der Waals surface area contributed by atoms with Gasteiger partial charge in [-0.15, -0.1) is 12.4 Å². The van der Waals surface area contributed by atoms with Crippen molar-refractivity contribution in [1.29, 1.82) is 0 Å². The molecule has 5 heteroatoms. The number of hydrogen-bond donors (Lipinski definition) is 1. The first-order valence-corrected chi connectivity index (χ1v) is 5.86. The Kier molecular flexibility index (Phi) is 5.60. The van der Waals surface area contributed by atoms with Crippen LogP contribution in [0.3, 0.4) is 0 Å². The van der Waals surface area contributed by atoms with E-state index in [0.29, 0.717) is 22.9 Å². The second-order valence-corrected chi connectivity index (χ2v) is 4.26. The van der Waals surface area contributed by atoms with Crippen LogP contribution in [0, 0.1) is 5.82 Å². The van der Waals surface area contributed by atoms with Crippen molar-refractivity contribution in [3.8, 4) is 16.9 Å². The molecule has 0 aliphatic rings. The molecule has 0 saturated heterocycles. The lowest BCUT2D eigenvalue weighted by Crippen LogP contribution is -2.00. The van der Waals surface area contributed by atoms with Crippen LogP contribution in [-0.2, 0) is 6.54 Å². The molecule has 0 aliphatic carbocycles. The molecule has 19 heavy (non-hydrogen) atoms. The summed E-state index contributed by atoms with van der Waals surface area (Å²) in [4.78, 5) is 0. The number of hydrogen-bond acceptors (Lipinski definition) is 2. The van der Waals surface area contributed by atoms with Gasteiger partial charge in [-0.3, -0.25) is 0 Å². The molecule has 0 bridgehead atoms. The molecule has 0 amide bonds. The molecule has 2 rings (SSSR count). The molecule has 0 radical (unpaired) electrons. The van der Waals surface area contributed by atoms with Crippen LogP contribution in [0.5, 0.6) is 5.75 Å². The number of ether oxygens (including phenoxy) is 1. The Balaban J connectivity index is 0.00000180. The van der Waals surface area contributed by atoms with Gasteiger partial charge in [0.05, 0.1) is 7.11 Å². The summed E-state index contributed by atoms with van der Waals surface area (Å²) in [7, 11) is 1.59. The van der Waals surface area contributed by atoms with Crippen LogP contribution in [0.25, 0.3) is 11.1 Å². The molecular weight excluding hydrogens is 288 g/mol. The zero-order chi connectivity index (χ0) is 13.1. The predicted octanol–water partition coefficient (Wildman–Crippen LogP) is 4.04. The van der Waals surface area contributed by atoms with Crippen molar-refractivity contribution in [3.63, 3.8) is 0 Å². The van der Waals surface area contributed by atoms with E-state index in [1.807, 2.05) is 12.1 Å². The summed E-state index contributed by atoms with van der Waals surface area (Å²) in [6.45, 7) is 0.333. The van der Waals surface area contributed by atoms with Crippen molar-refractivity contribution >= 4 is 24.0 Å². The van der Waals surface area contributed by atoms with Gasteiger partial charge in [-0.25, -0.2) is 4.39 Å². The molecule has 102 valence electrons. The molecule has 0 aromatic heterocycles. The lowest BCUT2D eigenvalue weighted by Gasteiger charge is -2.11. The summed E-state index contributed by atoms with van der Waals surface area (Å²) < 4.78 is 18.4. The topological polar surface area (TPSA) is 35.2 Å². The van der Waals surface area contributed by atoms with E-state index in [9.17, 15) is 4.39 Å². The third-order valence-electron chi connectivity index (χ3n) is 2.75. The summed E-state index contributed by atoms with van der Waals surface area (Å²) >= 11 is 6.09. The van der Waals surface area contributed by atoms with Gasteiger partial charge in [0.2, 0.25) is 0 Å². The van der Waals surface area contributed by atoms with Crippen LogP contribution in [-0.4, -0.2) is 7.11 Å². The Labute approximate surface area is 122 Å². The van der Waals surface area contributed by atoms with Crippen LogP contribution >= 0.6 is 24.0 Å². The zero-order valence-corrected chi connectivity index (χ0v) is 11.9. The number of rotatable bonds is 3. The smallest absolute Gasteiger partial charge is 0.123 e. The number of benzene rings is 2. The molecule has 2 aromatic rings. The van der Waals surface area contributed by atoms with Crippen molar-refractivity contribution in [3.05, 3.63) is 52.8 Å². The van der Waals surface area contributed by atoms with E-state index in [1.54, 1.807) is 13.2 Å². The van der Waals surface area contributed by atoms with Gasteiger partial charge in [-0.05, 0) is 41.5 Å². The fourth-order valence-electron chi connectivity index (χ4n) is 1.83. The van der Waals surface area contributed by atoms with Crippen molar-refractivity contribution in [2.24, 2.45) is 5.73 Å². The lowest BCUT2D eigenvalue weighted by molar-refractivity contribution is 0.414. The first kappa shape index (κ1) is 15.8. The Morgan fingerprint density at radius 2 is 1.89 bits per heavy atom. The maximum Gasteiger partial charge on any atom is 0.123 e. The Morgan fingerprint density at radius 3 is 2.53 bits per heavy atom. The molecule has 0 aliphatic heterocycles. The van der Waals surface area contributed by atoms with Gasteiger partial charge >= 0.3 is 0 Å². The fraction of sp³-hybridized carbons (Fsp3) is 0.143. The molecule has 0 saturated carbocycles. The number of methoxy groups -OCH3 is 1. The molecule has 0 spiro atoms. The summed E-state index contributed by atoms with van der Waals surface area (Å²) in [5, 5.41) is 0.497. The third kappa shape index (κ3) is 3.38. The molecular formula is C14H14Cl2FNO. The molecule has 0 unspecified atom stereocenters. The maximum atomic E-state index is 13.3. The average Bonchev–Trinajstić information content (AvgIpc) is 2.41. The Bertz CT molecular complexity index is 575. The third-order valence-corrected chi connectivity index (χ3v) is 3.08. The second-order valence-electron chi connectivity index (χ2n) is 3.85. The fourth-order valence-corrected chi connectivity index (χ4v) is 2.05. The van der Waals surface area contributed by atoms with E-state index in [4.69, 9.17) is 22.1 Å². The first-order valence-electron chi connectivity index (χ1n) is 5.48. The largest absolute Gasteiger partial charge is 0.497 e. The average molecular weight is 302 g/mol. The summed E-state index contributed by atoms with van der Waals surface area (Å²) in [5.74, 6) is 0.389. The summed E-state index contributed by atoms with van der Waals surface area (Å²) in [6, 6.07) is 9.74. The van der Waals surface area contributed by atoms with Gasteiger partial charge in [0, 0.05) is 17.1 Å². The SMILES string of the molecule is COc1ccc(-c2cc(F)ccc2Cl)c(CN)c1.Cl. The molecule has 2 N–H and O–H groups in total. The zero-order valence-electron chi connectivity index (χ0n) is 10.3. The summed E-state index contributed by atoms with van der Waals surface area (Å²) in [6.07, 6.45) is 0. The van der Waals surface area contributed by atoms with E-state index in [2.05, 4.69) is 0 Å². The highest BCUT2D eigenvalue weighted by molar-refractivity contribution is 6.33. The molecule has 0 fully saturated rings. The minimum atomic E-state index is -0.326.